The zero-order valence-electron chi connectivity index (χ0n) is 8.92. The van der Waals surface area contributed by atoms with Gasteiger partial charge in [-0.3, -0.25) is 0 Å². The van der Waals surface area contributed by atoms with E-state index in [1.54, 1.807) is 24.3 Å². The second kappa shape index (κ2) is 5.45. The highest BCUT2D eigenvalue weighted by Crippen LogP contribution is 2.33. The molecule has 1 N–H and O–H groups in total. The van der Waals surface area contributed by atoms with Gasteiger partial charge in [0.05, 0.1) is 32.4 Å². The number of aromatic nitrogens is 1. The minimum absolute atomic E-state index is 0.381. The van der Waals surface area contributed by atoms with E-state index in [0.717, 1.165) is 0 Å². The van der Waals surface area contributed by atoms with Crippen molar-refractivity contribution in [3.05, 3.63) is 51.1 Å². The van der Waals surface area contributed by atoms with Gasteiger partial charge in [-0.1, -0.05) is 34.8 Å². The van der Waals surface area contributed by atoms with Crippen molar-refractivity contribution in [1.29, 1.82) is 5.26 Å². The number of hydrogen-bond acceptors (Lipinski definition) is 3. The summed E-state index contributed by atoms with van der Waals surface area (Å²) in [6.45, 7) is 0. The second-order valence-electron chi connectivity index (χ2n) is 3.41. The molecule has 0 aliphatic carbocycles. The Hall–Kier alpha value is -1.47. The summed E-state index contributed by atoms with van der Waals surface area (Å²) in [4.78, 5) is 4.08. The first-order chi connectivity index (χ1) is 8.60. The summed E-state index contributed by atoms with van der Waals surface area (Å²) >= 11 is 17.8. The lowest BCUT2D eigenvalue weighted by Gasteiger charge is -2.09. The quantitative estimate of drug-likeness (QED) is 0.820. The molecule has 2 rings (SSSR count). The van der Waals surface area contributed by atoms with Crippen LogP contribution in [0, 0.1) is 11.3 Å². The third-order valence-corrected chi connectivity index (χ3v) is 3.20. The van der Waals surface area contributed by atoms with Crippen LogP contribution in [0.1, 0.15) is 5.56 Å². The fourth-order valence-corrected chi connectivity index (χ4v) is 1.92. The average Bonchev–Trinajstić information content (AvgIpc) is 2.36. The molecule has 0 atom stereocenters. The predicted octanol–water partition coefficient (Wildman–Crippen LogP) is 4.66. The van der Waals surface area contributed by atoms with Crippen LogP contribution in [0.25, 0.3) is 0 Å². The summed E-state index contributed by atoms with van der Waals surface area (Å²) in [5.74, 6) is 0.509. The molecule has 1 aromatic heterocycles. The van der Waals surface area contributed by atoms with Crippen LogP contribution in [-0.4, -0.2) is 4.98 Å². The van der Waals surface area contributed by atoms with Gasteiger partial charge in [0.15, 0.2) is 0 Å². The zero-order chi connectivity index (χ0) is 13.1. The minimum Gasteiger partial charge on any atom is -0.339 e. The number of pyridine rings is 1. The standard InChI is InChI=1S/C12H6Cl3N3/c13-8-4-10(15)11(5-9(8)14)18-12-3-7(6-16)1-2-17-12/h1-5H,(H,17,18). The van der Waals surface area contributed by atoms with E-state index < -0.39 is 0 Å². The Morgan fingerprint density at radius 2 is 1.78 bits per heavy atom. The molecule has 0 aliphatic rings. The molecule has 2 aromatic rings. The Balaban J connectivity index is 2.34. The molecule has 0 amide bonds. The Morgan fingerprint density at radius 1 is 1.06 bits per heavy atom. The van der Waals surface area contributed by atoms with Crippen LogP contribution in [0.4, 0.5) is 11.5 Å². The van der Waals surface area contributed by atoms with Gasteiger partial charge in [-0.25, -0.2) is 4.98 Å². The molecule has 0 radical (unpaired) electrons. The smallest absolute Gasteiger partial charge is 0.131 e. The van der Waals surface area contributed by atoms with Gasteiger partial charge in [0.1, 0.15) is 5.82 Å². The van der Waals surface area contributed by atoms with Gasteiger partial charge in [0.2, 0.25) is 0 Å². The summed E-state index contributed by atoms with van der Waals surface area (Å²) in [7, 11) is 0. The first-order valence-electron chi connectivity index (χ1n) is 4.88. The van der Waals surface area contributed by atoms with Crippen LogP contribution in [0.5, 0.6) is 0 Å². The van der Waals surface area contributed by atoms with Crippen molar-refractivity contribution in [2.75, 3.05) is 5.32 Å². The van der Waals surface area contributed by atoms with Crippen molar-refractivity contribution in [2.45, 2.75) is 0 Å². The SMILES string of the molecule is N#Cc1ccnc(Nc2cc(Cl)c(Cl)cc2Cl)c1. The lowest BCUT2D eigenvalue weighted by atomic mass is 10.2. The van der Waals surface area contributed by atoms with E-state index in [1.807, 2.05) is 6.07 Å². The Morgan fingerprint density at radius 3 is 2.50 bits per heavy atom. The highest BCUT2D eigenvalue weighted by Gasteiger charge is 2.07. The van der Waals surface area contributed by atoms with Gasteiger partial charge >= 0.3 is 0 Å². The van der Waals surface area contributed by atoms with E-state index >= 15 is 0 Å². The molecule has 6 heteroatoms. The van der Waals surface area contributed by atoms with Gasteiger partial charge in [0, 0.05) is 6.20 Å². The van der Waals surface area contributed by atoms with Crippen LogP contribution in [0.15, 0.2) is 30.5 Å². The number of nitrogens with one attached hydrogen (secondary N) is 1. The normalized spacial score (nSPS) is 9.89. The van der Waals surface area contributed by atoms with Gasteiger partial charge < -0.3 is 5.32 Å². The highest BCUT2D eigenvalue weighted by atomic mass is 35.5. The monoisotopic (exact) mass is 297 g/mol. The van der Waals surface area contributed by atoms with Crippen LogP contribution in [-0.2, 0) is 0 Å². The Labute approximate surface area is 119 Å². The minimum atomic E-state index is 0.381. The van der Waals surface area contributed by atoms with E-state index in [2.05, 4.69) is 10.3 Å². The molecular formula is C12H6Cl3N3. The maximum atomic E-state index is 8.79. The van der Waals surface area contributed by atoms with Gasteiger partial charge in [-0.2, -0.15) is 5.26 Å². The number of rotatable bonds is 2. The second-order valence-corrected chi connectivity index (χ2v) is 4.63. The maximum absolute atomic E-state index is 8.79. The van der Waals surface area contributed by atoms with Crippen LogP contribution >= 0.6 is 34.8 Å². The first kappa shape index (κ1) is 13.0. The van der Waals surface area contributed by atoms with Crippen molar-refractivity contribution in [3.63, 3.8) is 0 Å². The molecule has 3 nitrogen and oxygen atoms in total. The van der Waals surface area contributed by atoms with Gasteiger partial charge in [-0.15, -0.1) is 0 Å². The van der Waals surface area contributed by atoms with E-state index in [-0.39, 0.29) is 0 Å². The Bertz CT molecular complexity index is 635. The number of benzene rings is 1. The molecule has 1 heterocycles. The summed E-state index contributed by atoms with van der Waals surface area (Å²) < 4.78 is 0. The molecule has 0 spiro atoms. The van der Waals surface area contributed by atoms with Gasteiger partial charge in [0.25, 0.3) is 0 Å². The molecule has 0 saturated heterocycles. The fraction of sp³-hybridized carbons (Fsp3) is 0. The number of hydrogen-bond donors (Lipinski definition) is 1. The van der Waals surface area contributed by atoms with Crippen LogP contribution in [0.2, 0.25) is 15.1 Å². The maximum Gasteiger partial charge on any atom is 0.131 e. The molecule has 0 bridgehead atoms. The summed E-state index contributed by atoms with van der Waals surface area (Å²) in [5.41, 5.74) is 1.08. The van der Waals surface area contributed by atoms with E-state index in [1.165, 1.54) is 6.20 Å². The average molecular weight is 299 g/mol. The zero-order valence-corrected chi connectivity index (χ0v) is 11.2. The first-order valence-corrected chi connectivity index (χ1v) is 6.01. The third-order valence-electron chi connectivity index (χ3n) is 2.16. The number of nitrogens with zero attached hydrogens (tertiary/aromatic N) is 2. The number of anilines is 2. The van der Waals surface area contributed by atoms with Crippen LogP contribution < -0.4 is 5.32 Å². The number of halogens is 3. The summed E-state index contributed by atoms with van der Waals surface area (Å²) in [6, 6.07) is 8.40. The molecular weight excluding hydrogens is 293 g/mol. The lowest BCUT2D eigenvalue weighted by molar-refractivity contribution is 1.29. The van der Waals surface area contributed by atoms with Crippen molar-refractivity contribution in [3.8, 4) is 6.07 Å². The predicted molar refractivity (Wildman–Crippen MR) is 73.7 cm³/mol. The third kappa shape index (κ3) is 2.85. The highest BCUT2D eigenvalue weighted by molar-refractivity contribution is 6.44. The molecule has 0 unspecified atom stereocenters. The molecule has 90 valence electrons. The van der Waals surface area contributed by atoms with Crippen molar-refractivity contribution in [2.24, 2.45) is 0 Å². The summed E-state index contributed by atoms with van der Waals surface area (Å²) in [6.07, 6.45) is 1.53. The molecule has 0 aliphatic heterocycles. The van der Waals surface area contributed by atoms with Crippen LogP contribution in [0.3, 0.4) is 0 Å². The van der Waals surface area contributed by atoms with Crippen molar-refractivity contribution < 1.29 is 0 Å². The van der Waals surface area contributed by atoms with Crippen molar-refractivity contribution in [1.82, 2.24) is 4.98 Å². The number of nitriles is 1. The molecule has 0 saturated carbocycles. The van der Waals surface area contributed by atoms with E-state index in [4.69, 9.17) is 40.1 Å². The van der Waals surface area contributed by atoms with Crippen molar-refractivity contribution >= 4 is 46.3 Å². The Kier molecular flexibility index (Phi) is 3.93. The summed E-state index contributed by atoms with van der Waals surface area (Å²) in [5, 5.41) is 13.0. The largest absolute Gasteiger partial charge is 0.339 e. The topological polar surface area (TPSA) is 48.7 Å². The van der Waals surface area contributed by atoms with Gasteiger partial charge in [-0.05, 0) is 24.3 Å². The molecule has 0 fully saturated rings. The lowest BCUT2D eigenvalue weighted by Crippen LogP contribution is -1.94. The van der Waals surface area contributed by atoms with E-state index in [9.17, 15) is 0 Å². The molecule has 1 aromatic carbocycles. The fourth-order valence-electron chi connectivity index (χ4n) is 1.32. The van der Waals surface area contributed by atoms with E-state index in [0.29, 0.717) is 32.1 Å². The molecule has 18 heavy (non-hydrogen) atoms.